The van der Waals surface area contributed by atoms with Crippen LogP contribution in [0, 0.1) is 0 Å². The van der Waals surface area contributed by atoms with Crippen LogP contribution in [0.2, 0.25) is 0 Å². The van der Waals surface area contributed by atoms with Gasteiger partial charge < -0.3 is 14.2 Å². The number of rotatable bonds is 7. The lowest BCUT2D eigenvalue weighted by molar-refractivity contribution is -0.0498. The third kappa shape index (κ3) is 4.84. The van der Waals surface area contributed by atoms with Gasteiger partial charge in [0.15, 0.2) is 0 Å². The van der Waals surface area contributed by atoms with Crippen LogP contribution < -0.4 is 4.74 Å². The van der Waals surface area contributed by atoms with Crippen LogP contribution in [0.4, 0.5) is 8.78 Å². The minimum atomic E-state index is -2.87. The Labute approximate surface area is 158 Å². The molecule has 1 amide bonds. The van der Waals surface area contributed by atoms with E-state index in [0.717, 1.165) is 38.1 Å². The highest BCUT2D eigenvalue weighted by Gasteiger charge is 2.28. The van der Waals surface area contributed by atoms with Gasteiger partial charge in [-0.3, -0.25) is 4.79 Å². The largest absolute Gasteiger partial charge is 0.435 e. The number of ether oxygens (including phenoxy) is 1. The molecule has 1 saturated heterocycles. The Bertz CT molecular complexity index is 746. The summed E-state index contributed by atoms with van der Waals surface area (Å²) in [5.74, 6) is 1.23. The molecule has 1 aliphatic rings. The van der Waals surface area contributed by atoms with E-state index < -0.39 is 6.61 Å². The quantitative estimate of drug-likeness (QED) is 0.723. The smallest absolute Gasteiger partial charge is 0.387 e. The Morgan fingerprint density at radius 1 is 1.33 bits per heavy atom. The zero-order valence-electron chi connectivity index (χ0n) is 15.5. The number of imidazole rings is 1. The molecule has 1 aliphatic heterocycles. The van der Waals surface area contributed by atoms with E-state index in [1.54, 1.807) is 0 Å². The van der Waals surface area contributed by atoms with Crippen molar-refractivity contribution in [3.8, 4) is 5.75 Å². The Balaban J connectivity index is 1.67. The molecule has 1 atom stereocenters. The molecule has 0 radical (unpaired) electrons. The number of halogens is 2. The predicted octanol–water partition coefficient (Wildman–Crippen LogP) is 4.30. The molecule has 1 aromatic carbocycles. The number of benzene rings is 1. The molecular formula is C20H25F2N3O2. The van der Waals surface area contributed by atoms with Crippen molar-refractivity contribution in [1.29, 1.82) is 0 Å². The Hall–Kier alpha value is -2.44. The van der Waals surface area contributed by atoms with Gasteiger partial charge in [-0.05, 0) is 43.5 Å². The molecule has 0 N–H and O–H groups in total. The number of carbonyl (C=O) groups excluding carboxylic acids is 1. The maximum atomic E-state index is 12.8. The number of aromatic nitrogens is 2. The van der Waals surface area contributed by atoms with Crippen molar-refractivity contribution in [3.05, 3.63) is 48.0 Å². The van der Waals surface area contributed by atoms with E-state index in [1.807, 2.05) is 17.3 Å². The first-order valence-electron chi connectivity index (χ1n) is 9.43. The molecule has 0 aliphatic carbocycles. The predicted molar refractivity (Wildman–Crippen MR) is 98.1 cm³/mol. The van der Waals surface area contributed by atoms with E-state index in [4.69, 9.17) is 0 Å². The van der Waals surface area contributed by atoms with Crippen LogP contribution in [-0.2, 0) is 6.54 Å². The molecule has 7 heteroatoms. The summed E-state index contributed by atoms with van der Waals surface area (Å²) < 4.78 is 31.0. The lowest BCUT2D eigenvalue weighted by Gasteiger charge is -2.33. The number of alkyl halides is 2. The van der Waals surface area contributed by atoms with Crippen molar-refractivity contribution in [2.45, 2.75) is 51.7 Å². The van der Waals surface area contributed by atoms with Crippen molar-refractivity contribution in [3.63, 3.8) is 0 Å². The summed E-state index contributed by atoms with van der Waals surface area (Å²) in [5.41, 5.74) is 0.478. The molecule has 0 unspecified atom stereocenters. The number of unbranched alkanes of at least 4 members (excludes halogenated alkanes) is 1. The minimum Gasteiger partial charge on any atom is -0.435 e. The van der Waals surface area contributed by atoms with Crippen LogP contribution >= 0.6 is 0 Å². The molecule has 5 nitrogen and oxygen atoms in total. The minimum absolute atomic E-state index is 0.0519. The summed E-state index contributed by atoms with van der Waals surface area (Å²) in [5, 5.41) is 0. The fraction of sp³-hybridized carbons (Fsp3) is 0.500. The molecule has 146 valence electrons. The van der Waals surface area contributed by atoms with Gasteiger partial charge in [0.05, 0.1) is 0 Å². The molecule has 1 aromatic heterocycles. The first-order valence-corrected chi connectivity index (χ1v) is 9.43. The van der Waals surface area contributed by atoms with Crippen LogP contribution in [-0.4, -0.2) is 40.1 Å². The van der Waals surface area contributed by atoms with Crippen LogP contribution in [0.15, 0.2) is 36.7 Å². The molecule has 1 fully saturated rings. The van der Waals surface area contributed by atoms with Gasteiger partial charge in [0.25, 0.3) is 5.91 Å². The lowest BCUT2D eigenvalue weighted by Crippen LogP contribution is -2.39. The Morgan fingerprint density at radius 3 is 2.81 bits per heavy atom. The van der Waals surface area contributed by atoms with Gasteiger partial charge in [0.1, 0.15) is 11.6 Å². The Kier molecular flexibility index (Phi) is 6.42. The van der Waals surface area contributed by atoms with Gasteiger partial charge in [0.2, 0.25) is 0 Å². The second-order valence-electron chi connectivity index (χ2n) is 6.83. The van der Waals surface area contributed by atoms with Gasteiger partial charge in [-0.25, -0.2) is 4.98 Å². The number of likely N-dealkylation sites (tertiary alicyclic amines) is 1. The average Bonchev–Trinajstić information content (AvgIpc) is 3.14. The number of piperidine rings is 1. The normalized spacial score (nSPS) is 17.3. The number of nitrogens with zero attached hydrogens (tertiary/aromatic N) is 3. The van der Waals surface area contributed by atoms with Gasteiger partial charge in [-0.1, -0.05) is 13.3 Å². The fourth-order valence-corrected chi connectivity index (χ4v) is 3.53. The maximum absolute atomic E-state index is 12.8. The van der Waals surface area contributed by atoms with Crippen LogP contribution in [0.5, 0.6) is 5.75 Å². The van der Waals surface area contributed by atoms with Gasteiger partial charge in [-0.2, -0.15) is 8.78 Å². The number of aryl methyl sites for hydroxylation is 1. The van der Waals surface area contributed by atoms with Crippen LogP contribution in [0.1, 0.15) is 54.7 Å². The molecule has 2 heterocycles. The van der Waals surface area contributed by atoms with E-state index in [9.17, 15) is 13.6 Å². The van der Waals surface area contributed by atoms with Crippen LogP contribution in [0.25, 0.3) is 0 Å². The number of hydrogen-bond acceptors (Lipinski definition) is 3. The monoisotopic (exact) mass is 377 g/mol. The summed E-state index contributed by atoms with van der Waals surface area (Å²) >= 11 is 0. The zero-order chi connectivity index (χ0) is 19.2. The highest BCUT2D eigenvalue weighted by molar-refractivity contribution is 5.94. The van der Waals surface area contributed by atoms with E-state index in [2.05, 4.69) is 21.2 Å². The summed E-state index contributed by atoms with van der Waals surface area (Å²) in [6.45, 7) is 1.56. The summed E-state index contributed by atoms with van der Waals surface area (Å²) in [6.07, 6.45) is 7.99. The van der Waals surface area contributed by atoms with E-state index in [-0.39, 0.29) is 17.6 Å². The first-order chi connectivity index (χ1) is 13.1. The molecular weight excluding hydrogens is 352 g/mol. The molecule has 27 heavy (non-hydrogen) atoms. The lowest BCUT2D eigenvalue weighted by atomic mass is 9.96. The summed E-state index contributed by atoms with van der Waals surface area (Å²) in [4.78, 5) is 19.2. The fourth-order valence-electron chi connectivity index (χ4n) is 3.53. The number of hydrogen-bond donors (Lipinski definition) is 0. The van der Waals surface area contributed by atoms with E-state index in [1.165, 1.54) is 24.3 Å². The zero-order valence-corrected chi connectivity index (χ0v) is 15.5. The second kappa shape index (κ2) is 8.97. The maximum Gasteiger partial charge on any atom is 0.387 e. The van der Waals surface area contributed by atoms with Crippen molar-refractivity contribution in [2.24, 2.45) is 0 Å². The highest BCUT2D eigenvalue weighted by atomic mass is 19.3. The number of amides is 1. The summed E-state index contributed by atoms with van der Waals surface area (Å²) in [7, 11) is 0. The number of carbonyl (C=O) groups is 1. The van der Waals surface area contributed by atoms with Gasteiger partial charge in [-0.15, -0.1) is 0 Å². The molecule has 2 aromatic rings. The van der Waals surface area contributed by atoms with Crippen molar-refractivity contribution in [2.75, 3.05) is 13.1 Å². The summed E-state index contributed by atoms with van der Waals surface area (Å²) in [6, 6.07) is 5.87. The Morgan fingerprint density at radius 2 is 2.11 bits per heavy atom. The first kappa shape index (κ1) is 19.3. The van der Waals surface area contributed by atoms with Gasteiger partial charge in [0, 0.05) is 43.5 Å². The topological polar surface area (TPSA) is 47.4 Å². The van der Waals surface area contributed by atoms with Crippen molar-refractivity contribution >= 4 is 5.91 Å². The van der Waals surface area contributed by atoms with Gasteiger partial charge >= 0.3 is 6.61 Å². The third-order valence-electron chi connectivity index (χ3n) is 4.90. The molecule has 3 rings (SSSR count). The average molecular weight is 377 g/mol. The van der Waals surface area contributed by atoms with Crippen LogP contribution in [0.3, 0.4) is 0 Å². The highest BCUT2D eigenvalue weighted by Crippen LogP contribution is 2.27. The molecule has 0 spiro atoms. The third-order valence-corrected chi connectivity index (χ3v) is 4.90. The van der Waals surface area contributed by atoms with Crippen molar-refractivity contribution < 1.29 is 18.3 Å². The molecule has 0 saturated carbocycles. The van der Waals surface area contributed by atoms with E-state index >= 15 is 0 Å². The van der Waals surface area contributed by atoms with E-state index in [0.29, 0.717) is 18.7 Å². The standard InChI is InChI=1S/C20H25F2N3O2/c1-2-3-11-24-13-10-23-18(24)16-5-4-12-25(14-16)19(26)15-6-8-17(9-7-15)27-20(21)22/h6-10,13,16,20H,2-5,11-12,14H2,1H3/t16-/m1/s1. The SMILES string of the molecule is CCCCn1ccnc1[C@@H]1CCCN(C(=O)c2ccc(OC(F)F)cc2)C1. The second-order valence-corrected chi connectivity index (χ2v) is 6.83. The molecule has 0 bridgehead atoms. The van der Waals surface area contributed by atoms with Crippen molar-refractivity contribution in [1.82, 2.24) is 14.5 Å².